The summed E-state index contributed by atoms with van der Waals surface area (Å²) in [5, 5.41) is 23.1. The van der Waals surface area contributed by atoms with Gasteiger partial charge in [-0.2, -0.15) is 0 Å². The molecule has 0 fully saturated rings. The van der Waals surface area contributed by atoms with Crippen LogP contribution < -0.4 is 5.32 Å². The second kappa shape index (κ2) is 54.2. The first kappa shape index (κ1) is 62.6. The summed E-state index contributed by atoms with van der Waals surface area (Å²) in [6, 6.07) is -0.638. The zero-order valence-electron chi connectivity index (χ0n) is 43.3. The molecule has 64 heavy (non-hydrogen) atoms. The lowest BCUT2D eigenvalue weighted by Gasteiger charge is -2.20. The molecule has 0 rings (SSSR count). The van der Waals surface area contributed by atoms with Crippen molar-refractivity contribution in [2.75, 3.05) is 13.2 Å². The summed E-state index contributed by atoms with van der Waals surface area (Å²) in [7, 11) is 0. The van der Waals surface area contributed by atoms with Gasteiger partial charge in [-0.15, -0.1) is 0 Å². The van der Waals surface area contributed by atoms with Gasteiger partial charge in [0.05, 0.1) is 25.4 Å². The number of esters is 1. The number of allylic oxidation sites excluding steroid dienone is 1. The highest BCUT2D eigenvalue weighted by Crippen LogP contribution is 2.17. The van der Waals surface area contributed by atoms with Crippen molar-refractivity contribution in [2.45, 2.75) is 334 Å². The molecular weight excluding hydrogens is 791 g/mol. The van der Waals surface area contributed by atoms with Gasteiger partial charge in [-0.3, -0.25) is 9.59 Å². The molecule has 0 aliphatic rings. The average Bonchev–Trinajstić information content (AvgIpc) is 3.29. The van der Waals surface area contributed by atoms with Gasteiger partial charge in [0.15, 0.2) is 0 Å². The Labute approximate surface area is 399 Å². The van der Waals surface area contributed by atoms with Crippen molar-refractivity contribution in [2.24, 2.45) is 0 Å². The molecule has 0 saturated carbocycles. The first-order valence-electron chi connectivity index (χ1n) is 29.0. The molecule has 0 aromatic heterocycles. The zero-order chi connectivity index (χ0) is 46.5. The van der Waals surface area contributed by atoms with E-state index in [1.165, 1.54) is 238 Å². The number of hydrogen-bond donors (Lipinski definition) is 3. The van der Waals surface area contributed by atoms with Crippen molar-refractivity contribution in [3.8, 4) is 0 Å². The molecule has 0 aromatic carbocycles. The SMILES string of the molecule is CCCCCCCCCCCCCCCC/C=C/C(O)C(CO)NC(=O)CCCCCCCCCCCCCCOC(=O)CCCCCCCCCCCCCCCCCCCCC. The zero-order valence-corrected chi connectivity index (χ0v) is 43.3. The van der Waals surface area contributed by atoms with Crippen LogP contribution in [-0.2, 0) is 14.3 Å². The molecule has 0 radical (unpaired) electrons. The lowest BCUT2D eigenvalue weighted by atomic mass is 10.0. The van der Waals surface area contributed by atoms with Gasteiger partial charge in [-0.1, -0.05) is 289 Å². The molecule has 0 saturated heterocycles. The van der Waals surface area contributed by atoms with E-state index in [9.17, 15) is 19.8 Å². The van der Waals surface area contributed by atoms with Crippen LogP contribution >= 0.6 is 0 Å². The number of nitrogens with one attached hydrogen (secondary N) is 1. The van der Waals surface area contributed by atoms with Gasteiger partial charge in [-0.05, 0) is 32.1 Å². The minimum Gasteiger partial charge on any atom is -0.466 e. The van der Waals surface area contributed by atoms with E-state index in [1.54, 1.807) is 6.08 Å². The van der Waals surface area contributed by atoms with Gasteiger partial charge in [0.25, 0.3) is 0 Å². The number of aliphatic hydroxyl groups excluding tert-OH is 2. The van der Waals surface area contributed by atoms with Gasteiger partial charge in [0.1, 0.15) is 0 Å². The number of hydrogen-bond acceptors (Lipinski definition) is 5. The van der Waals surface area contributed by atoms with Gasteiger partial charge in [-0.25, -0.2) is 0 Å². The molecule has 2 unspecified atom stereocenters. The average molecular weight is 905 g/mol. The van der Waals surface area contributed by atoms with Crippen LogP contribution in [0.3, 0.4) is 0 Å². The van der Waals surface area contributed by atoms with Crippen molar-refractivity contribution in [3.63, 3.8) is 0 Å². The van der Waals surface area contributed by atoms with E-state index in [-0.39, 0.29) is 18.5 Å². The second-order valence-corrected chi connectivity index (χ2v) is 20.0. The Morgan fingerprint density at radius 3 is 1.06 bits per heavy atom. The van der Waals surface area contributed by atoms with Crippen LogP contribution in [0, 0.1) is 0 Å². The summed E-state index contributed by atoms with van der Waals surface area (Å²) in [6.07, 6.45) is 63.7. The highest BCUT2D eigenvalue weighted by molar-refractivity contribution is 5.76. The van der Waals surface area contributed by atoms with Crippen LogP contribution in [0.4, 0.5) is 0 Å². The maximum absolute atomic E-state index is 12.5. The van der Waals surface area contributed by atoms with E-state index in [1.807, 2.05) is 6.08 Å². The van der Waals surface area contributed by atoms with E-state index in [0.29, 0.717) is 19.4 Å². The molecule has 0 bridgehead atoms. The molecule has 380 valence electrons. The Morgan fingerprint density at radius 2 is 0.719 bits per heavy atom. The third-order valence-electron chi connectivity index (χ3n) is 13.6. The fourth-order valence-electron chi connectivity index (χ4n) is 9.11. The van der Waals surface area contributed by atoms with Crippen LogP contribution in [0.25, 0.3) is 0 Å². The number of carbonyl (C=O) groups excluding carboxylic acids is 2. The number of rotatable bonds is 54. The molecule has 0 aromatic rings. The minimum atomic E-state index is -0.854. The third kappa shape index (κ3) is 50.0. The van der Waals surface area contributed by atoms with Crippen LogP contribution in [0.1, 0.15) is 322 Å². The second-order valence-electron chi connectivity index (χ2n) is 20.0. The van der Waals surface area contributed by atoms with E-state index < -0.39 is 12.1 Å². The normalized spacial score (nSPS) is 12.6. The molecule has 0 spiro atoms. The summed E-state index contributed by atoms with van der Waals surface area (Å²) in [6.45, 7) is 4.89. The molecule has 0 aliphatic carbocycles. The largest absolute Gasteiger partial charge is 0.466 e. The first-order valence-corrected chi connectivity index (χ1v) is 29.0. The van der Waals surface area contributed by atoms with Crippen molar-refractivity contribution >= 4 is 11.9 Å². The Kier molecular flexibility index (Phi) is 53.0. The maximum Gasteiger partial charge on any atom is 0.305 e. The summed E-state index contributed by atoms with van der Waals surface area (Å²) < 4.78 is 5.48. The van der Waals surface area contributed by atoms with E-state index in [2.05, 4.69) is 19.2 Å². The highest BCUT2D eigenvalue weighted by atomic mass is 16.5. The van der Waals surface area contributed by atoms with Gasteiger partial charge < -0.3 is 20.3 Å². The van der Waals surface area contributed by atoms with Crippen molar-refractivity contribution in [3.05, 3.63) is 12.2 Å². The van der Waals surface area contributed by atoms with Crippen molar-refractivity contribution < 1.29 is 24.5 Å². The van der Waals surface area contributed by atoms with Gasteiger partial charge in [0.2, 0.25) is 5.91 Å². The summed E-state index contributed by atoms with van der Waals surface area (Å²) in [4.78, 5) is 24.5. The standard InChI is InChI=1S/C58H113NO5/c1-3-5-7-9-11-13-15-17-19-21-22-23-25-27-32-36-40-44-48-52-58(63)64-53-49-45-41-37-33-29-28-31-35-39-43-47-51-57(62)59-55(54-60)56(61)50-46-42-38-34-30-26-24-20-18-16-14-12-10-8-6-4-2/h46,50,55-56,60-61H,3-45,47-49,51-54H2,1-2H3,(H,59,62)/b50-46+. The number of unbranched alkanes of at least 4 members (excludes halogenated alkanes) is 43. The summed E-state index contributed by atoms with van der Waals surface area (Å²) >= 11 is 0. The number of aliphatic hydroxyl groups is 2. The molecule has 6 heteroatoms. The summed E-state index contributed by atoms with van der Waals surface area (Å²) in [5.41, 5.74) is 0. The maximum atomic E-state index is 12.5. The number of carbonyl (C=O) groups is 2. The monoisotopic (exact) mass is 904 g/mol. The predicted octanol–water partition coefficient (Wildman–Crippen LogP) is 17.7. The lowest BCUT2D eigenvalue weighted by molar-refractivity contribution is -0.143. The fourth-order valence-corrected chi connectivity index (χ4v) is 9.11. The molecule has 1 amide bonds. The van der Waals surface area contributed by atoms with Crippen LogP contribution in [-0.4, -0.2) is 47.4 Å². The topological polar surface area (TPSA) is 95.9 Å². The molecule has 0 aliphatic heterocycles. The van der Waals surface area contributed by atoms with E-state index >= 15 is 0 Å². The van der Waals surface area contributed by atoms with E-state index in [4.69, 9.17) is 4.74 Å². The Balaban J connectivity index is 3.45. The van der Waals surface area contributed by atoms with E-state index in [0.717, 1.165) is 57.8 Å². The number of ether oxygens (including phenoxy) is 1. The predicted molar refractivity (Wildman–Crippen MR) is 278 cm³/mol. The third-order valence-corrected chi connectivity index (χ3v) is 13.6. The van der Waals surface area contributed by atoms with Gasteiger partial charge >= 0.3 is 5.97 Å². The van der Waals surface area contributed by atoms with Crippen LogP contribution in [0.2, 0.25) is 0 Å². The van der Waals surface area contributed by atoms with Crippen LogP contribution in [0.15, 0.2) is 12.2 Å². The highest BCUT2D eigenvalue weighted by Gasteiger charge is 2.18. The minimum absolute atomic E-state index is 0.00545. The molecule has 3 N–H and O–H groups in total. The smallest absolute Gasteiger partial charge is 0.305 e. The fraction of sp³-hybridized carbons (Fsp3) is 0.931. The Hall–Kier alpha value is -1.40. The van der Waals surface area contributed by atoms with Crippen LogP contribution in [0.5, 0.6) is 0 Å². The molecule has 2 atom stereocenters. The summed E-state index contributed by atoms with van der Waals surface area (Å²) in [5.74, 6) is -0.0863. The lowest BCUT2D eigenvalue weighted by Crippen LogP contribution is -2.45. The Morgan fingerprint density at radius 1 is 0.422 bits per heavy atom. The quantitative estimate of drug-likeness (QED) is 0.0321. The van der Waals surface area contributed by atoms with Gasteiger partial charge in [0, 0.05) is 12.8 Å². The Bertz CT molecular complexity index is 955. The van der Waals surface area contributed by atoms with Crippen molar-refractivity contribution in [1.82, 2.24) is 5.32 Å². The first-order chi connectivity index (χ1) is 31.5. The molecule has 6 nitrogen and oxygen atoms in total. The van der Waals surface area contributed by atoms with Crippen molar-refractivity contribution in [1.29, 1.82) is 0 Å². The molecular formula is C58H113NO5. The number of amides is 1. The molecule has 0 heterocycles.